The van der Waals surface area contributed by atoms with Crippen LogP contribution in [-0.4, -0.2) is 48.3 Å². The van der Waals surface area contributed by atoms with Crippen LogP contribution < -0.4 is 0 Å². The van der Waals surface area contributed by atoms with E-state index in [0.29, 0.717) is 6.42 Å². The van der Waals surface area contributed by atoms with Gasteiger partial charge in [0, 0.05) is 33.1 Å². The fourth-order valence-electron chi connectivity index (χ4n) is 5.43. The van der Waals surface area contributed by atoms with Crippen LogP contribution in [0.25, 0.3) is 0 Å². The summed E-state index contributed by atoms with van der Waals surface area (Å²) in [6, 6.07) is 6.46. The van der Waals surface area contributed by atoms with Crippen LogP contribution in [0.3, 0.4) is 0 Å². The molecule has 2 aliphatic heterocycles. The SMILES string of the molecule is CN1CC2(CCC1=O)CCN(C(=O)C1(c3ccc(F)cc3)CC1(C)C)CC2. The van der Waals surface area contributed by atoms with Gasteiger partial charge in [-0.15, -0.1) is 0 Å². The molecule has 146 valence electrons. The van der Waals surface area contributed by atoms with E-state index in [1.54, 1.807) is 12.1 Å². The summed E-state index contributed by atoms with van der Waals surface area (Å²) in [7, 11) is 1.89. The third kappa shape index (κ3) is 2.86. The average Bonchev–Trinajstić information content (AvgIpc) is 3.23. The fraction of sp³-hybridized carbons (Fsp3) is 0.636. The number of carbonyl (C=O) groups excluding carboxylic acids is 2. The summed E-state index contributed by atoms with van der Waals surface area (Å²) in [6.07, 6.45) is 4.28. The van der Waals surface area contributed by atoms with Crippen LogP contribution in [0.4, 0.5) is 4.39 Å². The number of halogens is 1. The molecule has 2 amide bonds. The highest BCUT2D eigenvalue weighted by molar-refractivity contribution is 5.93. The highest BCUT2D eigenvalue weighted by Crippen LogP contribution is 2.65. The van der Waals surface area contributed by atoms with Crippen molar-refractivity contribution in [3.8, 4) is 0 Å². The summed E-state index contributed by atoms with van der Waals surface area (Å²) in [5, 5.41) is 0. The second-order valence-corrected chi connectivity index (χ2v) is 9.51. The maximum atomic E-state index is 13.5. The zero-order valence-electron chi connectivity index (χ0n) is 16.6. The minimum absolute atomic E-state index is 0.103. The zero-order valence-corrected chi connectivity index (χ0v) is 16.6. The Bertz CT molecular complexity index is 765. The lowest BCUT2D eigenvalue weighted by Gasteiger charge is -2.47. The Balaban J connectivity index is 1.50. The molecule has 4 nitrogen and oxygen atoms in total. The van der Waals surface area contributed by atoms with Gasteiger partial charge in [-0.25, -0.2) is 4.39 Å². The zero-order chi connectivity index (χ0) is 19.4. The topological polar surface area (TPSA) is 40.6 Å². The monoisotopic (exact) mass is 372 g/mol. The first-order valence-electron chi connectivity index (χ1n) is 9.99. The van der Waals surface area contributed by atoms with Crippen LogP contribution in [0.15, 0.2) is 24.3 Å². The van der Waals surface area contributed by atoms with Crippen LogP contribution in [-0.2, 0) is 15.0 Å². The third-order valence-corrected chi connectivity index (χ3v) is 7.42. The first kappa shape index (κ1) is 18.5. The molecule has 1 atom stereocenters. The standard InChI is InChI=1S/C22H29FN2O2/c1-20(2)14-22(20,16-4-6-17(23)7-5-16)19(27)25-12-10-21(11-13-25)9-8-18(26)24(3)15-21/h4-7H,8-15H2,1-3H3. The number of likely N-dealkylation sites (tertiary alicyclic amines) is 2. The molecule has 3 aliphatic rings. The number of amides is 2. The van der Waals surface area contributed by atoms with Crippen molar-refractivity contribution in [3.05, 3.63) is 35.6 Å². The molecule has 0 aromatic heterocycles. The number of hydrogen-bond acceptors (Lipinski definition) is 2. The number of benzene rings is 1. The van der Waals surface area contributed by atoms with Gasteiger partial charge in [-0.1, -0.05) is 26.0 Å². The minimum atomic E-state index is -0.523. The molecule has 1 saturated carbocycles. The van der Waals surface area contributed by atoms with Crippen LogP contribution in [0.1, 0.15) is 51.5 Å². The lowest BCUT2D eigenvalue weighted by molar-refractivity contribution is -0.142. The Morgan fingerprint density at radius 1 is 1.07 bits per heavy atom. The molecule has 4 rings (SSSR count). The van der Waals surface area contributed by atoms with Gasteiger partial charge in [-0.2, -0.15) is 0 Å². The van der Waals surface area contributed by atoms with Crippen molar-refractivity contribution < 1.29 is 14.0 Å². The Labute approximate surface area is 160 Å². The molecule has 0 radical (unpaired) electrons. The summed E-state index contributed by atoms with van der Waals surface area (Å²) < 4.78 is 13.4. The largest absolute Gasteiger partial charge is 0.345 e. The Hall–Kier alpha value is -1.91. The van der Waals surface area contributed by atoms with Crippen molar-refractivity contribution in [2.24, 2.45) is 10.8 Å². The highest BCUT2D eigenvalue weighted by Gasteiger charge is 2.68. The van der Waals surface area contributed by atoms with Crippen LogP contribution in [0.5, 0.6) is 0 Å². The molecular formula is C22H29FN2O2. The predicted molar refractivity (Wildman–Crippen MR) is 102 cm³/mol. The summed E-state index contributed by atoms with van der Waals surface area (Å²) in [4.78, 5) is 29.2. The van der Waals surface area contributed by atoms with Crippen molar-refractivity contribution in [3.63, 3.8) is 0 Å². The number of nitrogens with zero attached hydrogens (tertiary/aromatic N) is 2. The van der Waals surface area contributed by atoms with Crippen molar-refractivity contribution in [1.82, 2.24) is 9.80 Å². The van der Waals surface area contributed by atoms with Gasteiger partial charge in [0.25, 0.3) is 0 Å². The lowest BCUT2D eigenvalue weighted by Crippen LogP contribution is -2.53. The molecular weight excluding hydrogens is 343 g/mol. The quantitative estimate of drug-likeness (QED) is 0.799. The van der Waals surface area contributed by atoms with Gasteiger partial charge in [0.05, 0.1) is 5.41 Å². The lowest BCUT2D eigenvalue weighted by atomic mass is 9.72. The van der Waals surface area contributed by atoms with E-state index < -0.39 is 5.41 Å². The number of hydrogen-bond donors (Lipinski definition) is 0. The van der Waals surface area contributed by atoms with E-state index in [-0.39, 0.29) is 28.5 Å². The maximum Gasteiger partial charge on any atom is 0.233 e. The average molecular weight is 372 g/mol. The van der Waals surface area contributed by atoms with E-state index in [1.807, 2.05) is 16.8 Å². The molecule has 1 unspecified atom stereocenters. The molecule has 0 bridgehead atoms. The van der Waals surface area contributed by atoms with Gasteiger partial charge >= 0.3 is 0 Å². The van der Waals surface area contributed by atoms with Gasteiger partial charge in [0.15, 0.2) is 0 Å². The summed E-state index contributed by atoms with van der Waals surface area (Å²) in [5.74, 6) is 0.152. The maximum absolute atomic E-state index is 13.5. The molecule has 2 heterocycles. The van der Waals surface area contributed by atoms with E-state index in [2.05, 4.69) is 13.8 Å². The molecule has 1 aromatic carbocycles. The molecule has 1 aromatic rings. The molecule has 1 aliphatic carbocycles. The molecule has 2 saturated heterocycles. The van der Waals surface area contributed by atoms with Crippen molar-refractivity contribution in [2.45, 2.75) is 51.4 Å². The smallest absolute Gasteiger partial charge is 0.233 e. The Kier molecular flexibility index (Phi) is 4.13. The van der Waals surface area contributed by atoms with Crippen LogP contribution in [0.2, 0.25) is 0 Å². The van der Waals surface area contributed by atoms with Crippen molar-refractivity contribution >= 4 is 11.8 Å². The minimum Gasteiger partial charge on any atom is -0.345 e. The van der Waals surface area contributed by atoms with Gasteiger partial charge in [0.2, 0.25) is 11.8 Å². The molecule has 0 N–H and O–H groups in total. The van der Waals surface area contributed by atoms with Gasteiger partial charge < -0.3 is 9.80 Å². The summed E-state index contributed by atoms with van der Waals surface area (Å²) in [6.45, 7) is 6.56. The van der Waals surface area contributed by atoms with Gasteiger partial charge in [-0.05, 0) is 54.2 Å². The van der Waals surface area contributed by atoms with E-state index in [9.17, 15) is 14.0 Å². The first-order valence-corrected chi connectivity index (χ1v) is 9.99. The van der Waals surface area contributed by atoms with E-state index in [0.717, 1.165) is 50.9 Å². The van der Waals surface area contributed by atoms with Gasteiger partial charge in [0.1, 0.15) is 5.82 Å². The normalized spacial score (nSPS) is 29.1. The van der Waals surface area contributed by atoms with Crippen LogP contribution >= 0.6 is 0 Å². The van der Waals surface area contributed by atoms with Crippen molar-refractivity contribution in [2.75, 3.05) is 26.7 Å². The van der Waals surface area contributed by atoms with E-state index in [4.69, 9.17) is 0 Å². The highest BCUT2D eigenvalue weighted by atomic mass is 19.1. The van der Waals surface area contributed by atoms with Crippen molar-refractivity contribution in [1.29, 1.82) is 0 Å². The number of rotatable bonds is 2. The Morgan fingerprint density at radius 3 is 2.19 bits per heavy atom. The molecule has 5 heteroatoms. The summed E-state index contributed by atoms with van der Waals surface area (Å²) >= 11 is 0. The predicted octanol–water partition coefficient (Wildman–Crippen LogP) is 3.35. The Morgan fingerprint density at radius 2 is 1.67 bits per heavy atom. The number of piperidine rings is 2. The molecule has 27 heavy (non-hydrogen) atoms. The molecule has 1 spiro atoms. The first-order chi connectivity index (χ1) is 12.7. The fourth-order valence-corrected chi connectivity index (χ4v) is 5.43. The molecule has 3 fully saturated rings. The third-order valence-electron chi connectivity index (χ3n) is 7.42. The van der Waals surface area contributed by atoms with Crippen LogP contribution in [0, 0.1) is 16.6 Å². The summed E-state index contributed by atoms with van der Waals surface area (Å²) in [5.41, 5.74) is 0.475. The van der Waals surface area contributed by atoms with E-state index in [1.165, 1.54) is 12.1 Å². The second kappa shape index (κ2) is 6.05. The van der Waals surface area contributed by atoms with Gasteiger partial charge in [-0.3, -0.25) is 9.59 Å². The second-order valence-electron chi connectivity index (χ2n) is 9.51. The number of carbonyl (C=O) groups is 2. The van der Waals surface area contributed by atoms with E-state index >= 15 is 0 Å².